The highest BCUT2D eigenvalue weighted by Gasteiger charge is 2.58. The Morgan fingerprint density at radius 3 is 1.63 bits per heavy atom. The number of rotatable bonds is 2. The highest BCUT2D eigenvalue weighted by atomic mass is 35.5. The second-order valence-electron chi connectivity index (χ2n) is 8.83. The number of para-hydroxylation sites is 3. The number of nitrogens with zero attached hydrogens (tertiary/aromatic N) is 2. The molecule has 0 aromatic heterocycles. The molecule has 0 unspecified atom stereocenters. The van der Waals surface area contributed by atoms with Gasteiger partial charge in [0, 0.05) is 16.8 Å². The molecule has 5 aromatic carbocycles. The Kier molecular flexibility index (Phi) is 4.51. The molecule has 0 radical (unpaired) electrons. The number of benzene rings is 5. The summed E-state index contributed by atoms with van der Waals surface area (Å²) in [4.78, 5) is 4.82. The van der Waals surface area contributed by atoms with Crippen LogP contribution in [-0.4, -0.2) is 0 Å². The predicted octanol–water partition coefficient (Wildman–Crippen LogP) is 9.16. The molecule has 0 saturated heterocycles. The third-order valence-corrected chi connectivity index (χ3v) is 7.90. The smallest absolute Gasteiger partial charge is 0.176 e. The summed E-state index contributed by atoms with van der Waals surface area (Å²) in [5, 5.41) is 1.08. The van der Waals surface area contributed by atoms with Gasteiger partial charge >= 0.3 is 0 Å². The molecule has 0 fully saturated rings. The quantitative estimate of drug-likeness (QED) is 0.243. The van der Waals surface area contributed by atoms with Gasteiger partial charge in [0.15, 0.2) is 5.66 Å². The van der Waals surface area contributed by atoms with Gasteiger partial charge in [-0.15, -0.1) is 0 Å². The maximum absolute atomic E-state index is 6.96. The third-order valence-electron chi connectivity index (χ3n) is 7.09. The van der Waals surface area contributed by atoms with E-state index in [2.05, 4.69) is 119 Å². The summed E-state index contributed by atoms with van der Waals surface area (Å²) in [7, 11) is 0. The molecule has 1 spiro atoms. The van der Waals surface area contributed by atoms with Crippen molar-refractivity contribution in [2.75, 3.05) is 9.80 Å². The molecule has 0 N–H and O–H groups in total. The van der Waals surface area contributed by atoms with Crippen molar-refractivity contribution in [1.29, 1.82) is 0 Å². The Morgan fingerprint density at radius 1 is 0.457 bits per heavy atom. The minimum Gasteiger partial charge on any atom is -0.308 e. The summed E-state index contributed by atoms with van der Waals surface area (Å²) in [6.45, 7) is 0. The molecule has 4 heteroatoms. The first kappa shape index (κ1) is 20.6. The van der Waals surface area contributed by atoms with Crippen molar-refractivity contribution in [3.8, 4) is 11.1 Å². The summed E-state index contributed by atoms with van der Waals surface area (Å²) in [5.41, 5.74) is 8.33. The van der Waals surface area contributed by atoms with Gasteiger partial charge in [-0.05, 0) is 47.5 Å². The molecular formula is C31H20Cl2N2. The van der Waals surface area contributed by atoms with Crippen LogP contribution in [0, 0.1) is 0 Å². The molecule has 5 aromatic rings. The van der Waals surface area contributed by atoms with Gasteiger partial charge < -0.3 is 9.80 Å². The Morgan fingerprint density at radius 2 is 0.971 bits per heavy atom. The Labute approximate surface area is 214 Å². The topological polar surface area (TPSA) is 6.48 Å². The van der Waals surface area contributed by atoms with Crippen LogP contribution in [0.25, 0.3) is 11.1 Å². The summed E-state index contributed by atoms with van der Waals surface area (Å²) in [5.74, 6) is 0. The Hall–Kier alpha value is -3.72. The molecule has 2 nitrogen and oxygen atoms in total. The van der Waals surface area contributed by atoms with E-state index in [4.69, 9.17) is 23.2 Å². The molecule has 0 bridgehead atoms. The van der Waals surface area contributed by atoms with E-state index in [-0.39, 0.29) is 0 Å². The van der Waals surface area contributed by atoms with Gasteiger partial charge in [0.1, 0.15) is 0 Å². The van der Waals surface area contributed by atoms with E-state index < -0.39 is 5.66 Å². The fourth-order valence-corrected chi connectivity index (χ4v) is 6.21. The van der Waals surface area contributed by atoms with Crippen LogP contribution in [0.5, 0.6) is 0 Å². The first-order chi connectivity index (χ1) is 17.2. The lowest BCUT2D eigenvalue weighted by Gasteiger charge is -2.45. The first-order valence-corrected chi connectivity index (χ1v) is 12.4. The number of fused-ring (bicyclic) bond motifs is 6. The highest BCUT2D eigenvalue weighted by Crippen LogP contribution is 2.65. The minimum absolute atomic E-state index is 0.537. The number of hydrogen-bond donors (Lipinski definition) is 0. The highest BCUT2D eigenvalue weighted by molar-refractivity contribution is 6.44. The largest absolute Gasteiger partial charge is 0.308 e. The SMILES string of the molecule is Clc1cccc(N2c3ccccc3N(c3ccccc3)C23c2ccccc2-c2ccccc23)c1Cl. The molecule has 0 saturated carbocycles. The van der Waals surface area contributed by atoms with E-state index in [0.29, 0.717) is 10.0 Å². The summed E-state index contributed by atoms with van der Waals surface area (Å²) in [6.07, 6.45) is 0. The van der Waals surface area contributed by atoms with Crippen molar-refractivity contribution >= 4 is 46.0 Å². The lowest BCUT2D eigenvalue weighted by atomic mass is 9.92. The maximum atomic E-state index is 6.96. The fraction of sp³-hybridized carbons (Fsp3) is 0.0323. The second kappa shape index (κ2) is 7.64. The van der Waals surface area contributed by atoms with Crippen LogP contribution in [0.3, 0.4) is 0 Å². The summed E-state index contributed by atoms with van der Waals surface area (Å²) in [6, 6.07) is 42.4. The number of hydrogen-bond acceptors (Lipinski definition) is 2. The van der Waals surface area contributed by atoms with Crippen LogP contribution < -0.4 is 9.80 Å². The van der Waals surface area contributed by atoms with E-state index in [1.165, 1.54) is 22.3 Å². The lowest BCUT2D eigenvalue weighted by molar-refractivity contribution is 0.574. The molecule has 0 amide bonds. The van der Waals surface area contributed by atoms with Crippen LogP contribution in [0.15, 0.2) is 121 Å². The maximum Gasteiger partial charge on any atom is 0.176 e. The molecule has 1 aliphatic carbocycles. The van der Waals surface area contributed by atoms with Gasteiger partial charge in [0.2, 0.25) is 0 Å². The number of anilines is 4. The van der Waals surface area contributed by atoms with Gasteiger partial charge in [0.25, 0.3) is 0 Å². The third kappa shape index (κ3) is 2.67. The standard InChI is InChI=1S/C31H20Cl2N2/c32-26-17-10-20-29(30(26)33)35-28-19-9-8-18-27(28)34(21-11-2-1-3-12-21)31(35)24-15-6-4-13-22(24)23-14-5-7-16-25(23)31/h1-20H. The molecule has 1 heterocycles. The van der Waals surface area contributed by atoms with E-state index >= 15 is 0 Å². The van der Waals surface area contributed by atoms with Crippen LogP contribution >= 0.6 is 23.2 Å². The Bertz CT molecular complexity index is 1550. The molecule has 168 valence electrons. The van der Waals surface area contributed by atoms with Gasteiger partial charge in [-0.2, -0.15) is 0 Å². The van der Waals surface area contributed by atoms with E-state index in [1.807, 2.05) is 12.1 Å². The average molecular weight is 491 g/mol. The summed E-state index contributed by atoms with van der Waals surface area (Å²) < 4.78 is 0. The van der Waals surface area contributed by atoms with Gasteiger partial charge in [-0.1, -0.05) is 108 Å². The number of halogens is 2. The summed E-state index contributed by atoms with van der Waals surface area (Å²) >= 11 is 13.6. The van der Waals surface area contributed by atoms with Gasteiger partial charge in [-0.25, -0.2) is 0 Å². The lowest BCUT2D eigenvalue weighted by Crippen LogP contribution is -2.50. The van der Waals surface area contributed by atoms with Crippen LogP contribution in [-0.2, 0) is 5.66 Å². The molecule has 0 atom stereocenters. The minimum atomic E-state index is -0.688. The molecule has 2 aliphatic rings. The van der Waals surface area contributed by atoms with Crippen molar-refractivity contribution in [3.05, 3.63) is 142 Å². The van der Waals surface area contributed by atoms with Crippen molar-refractivity contribution < 1.29 is 0 Å². The normalized spacial score (nSPS) is 14.7. The average Bonchev–Trinajstić information content (AvgIpc) is 3.37. The molecule has 35 heavy (non-hydrogen) atoms. The van der Waals surface area contributed by atoms with Gasteiger partial charge in [-0.3, -0.25) is 0 Å². The van der Waals surface area contributed by atoms with Gasteiger partial charge in [0.05, 0.1) is 27.1 Å². The van der Waals surface area contributed by atoms with E-state index in [9.17, 15) is 0 Å². The van der Waals surface area contributed by atoms with E-state index in [0.717, 1.165) is 22.7 Å². The van der Waals surface area contributed by atoms with E-state index in [1.54, 1.807) is 0 Å². The zero-order chi connectivity index (χ0) is 23.6. The molecule has 7 rings (SSSR count). The zero-order valence-corrected chi connectivity index (χ0v) is 20.2. The van der Waals surface area contributed by atoms with Crippen LogP contribution in [0.4, 0.5) is 22.7 Å². The van der Waals surface area contributed by atoms with Crippen molar-refractivity contribution in [2.45, 2.75) is 5.66 Å². The van der Waals surface area contributed by atoms with Crippen LogP contribution in [0.2, 0.25) is 10.0 Å². The molecular weight excluding hydrogens is 471 g/mol. The predicted molar refractivity (Wildman–Crippen MR) is 146 cm³/mol. The fourth-order valence-electron chi connectivity index (χ4n) is 5.83. The Balaban J connectivity index is 1.68. The first-order valence-electron chi connectivity index (χ1n) is 11.6. The van der Waals surface area contributed by atoms with Crippen molar-refractivity contribution in [3.63, 3.8) is 0 Å². The zero-order valence-electron chi connectivity index (χ0n) is 18.7. The second-order valence-corrected chi connectivity index (χ2v) is 9.62. The molecule has 1 aliphatic heterocycles. The monoisotopic (exact) mass is 490 g/mol. The van der Waals surface area contributed by atoms with Crippen LogP contribution in [0.1, 0.15) is 11.1 Å². The van der Waals surface area contributed by atoms with Crippen molar-refractivity contribution in [2.24, 2.45) is 0 Å². The van der Waals surface area contributed by atoms with Crippen molar-refractivity contribution in [1.82, 2.24) is 0 Å².